The van der Waals surface area contributed by atoms with Gasteiger partial charge < -0.3 is 4.74 Å². The summed E-state index contributed by atoms with van der Waals surface area (Å²) < 4.78 is 27.0. The van der Waals surface area contributed by atoms with E-state index in [1.54, 1.807) is 0 Å². The summed E-state index contributed by atoms with van der Waals surface area (Å²) in [5.41, 5.74) is -0.196. The molecule has 100 valence electrons. The van der Waals surface area contributed by atoms with Crippen LogP contribution in [0.2, 0.25) is 5.02 Å². The van der Waals surface area contributed by atoms with Crippen LogP contribution < -0.4 is 4.74 Å². The molecular formula is C10H12ClNO5S. The second-order valence-electron chi connectivity index (χ2n) is 3.70. The Morgan fingerprint density at radius 3 is 2.67 bits per heavy atom. The molecule has 1 aromatic rings. The van der Waals surface area contributed by atoms with E-state index in [1.807, 2.05) is 0 Å². The fraction of sp³-hybridized carbons (Fsp3) is 0.400. The SMILES string of the molecule is CS(=O)(=O)CCCOc1cc(Cl)ccc1[N+](=O)[O-]. The van der Waals surface area contributed by atoms with Crippen LogP contribution in [0, 0.1) is 10.1 Å². The highest BCUT2D eigenvalue weighted by Gasteiger charge is 2.15. The van der Waals surface area contributed by atoms with E-state index in [4.69, 9.17) is 16.3 Å². The van der Waals surface area contributed by atoms with Crippen LogP contribution in [-0.4, -0.2) is 32.0 Å². The van der Waals surface area contributed by atoms with Gasteiger partial charge >= 0.3 is 5.69 Å². The van der Waals surface area contributed by atoms with Gasteiger partial charge in [0, 0.05) is 23.4 Å². The summed E-state index contributed by atoms with van der Waals surface area (Å²) in [6.07, 6.45) is 1.39. The van der Waals surface area contributed by atoms with Crippen LogP contribution in [0.5, 0.6) is 5.75 Å². The smallest absolute Gasteiger partial charge is 0.311 e. The maximum absolute atomic E-state index is 10.9. The molecule has 0 bridgehead atoms. The maximum Gasteiger partial charge on any atom is 0.311 e. The summed E-state index contributed by atoms with van der Waals surface area (Å²) in [4.78, 5) is 10.1. The molecule has 0 unspecified atom stereocenters. The van der Waals surface area contributed by atoms with E-state index in [0.717, 1.165) is 6.26 Å². The second kappa shape index (κ2) is 6.01. The predicted octanol–water partition coefficient (Wildman–Crippen LogP) is 2.06. The summed E-state index contributed by atoms with van der Waals surface area (Å²) in [7, 11) is -3.05. The second-order valence-corrected chi connectivity index (χ2v) is 6.40. The number of sulfone groups is 1. The molecule has 0 amide bonds. The van der Waals surface area contributed by atoms with Gasteiger partial charge in [0.2, 0.25) is 0 Å². The van der Waals surface area contributed by atoms with E-state index in [-0.39, 0.29) is 30.2 Å². The van der Waals surface area contributed by atoms with Crippen LogP contribution in [0.15, 0.2) is 18.2 Å². The molecule has 0 atom stereocenters. The molecule has 0 heterocycles. The molecule has 1 aromatic carbocycles. The lowest BCUT2D eigenvalue weighted by Crippen LogP contribution is -2.08. The summed E-state index contributed by atoms with van der Waals surface area (Å²) in [6, 6.07) is 3.97. The summed E-state index contributed by atoms with van der Waals surface area (Å²) in [6.45, 7) is 0.0776. The molecule has 0 radical (unpaired) electrons. The topological polar surface area (TPSA) is 86.5 Å². The molecular weight excluding hydrogens is 282 g/mol. The molecule has 0 N–H and O–H groups in total. The lowest BCUT2D eigenvalue weighted by atomic mass is 10.3. The van der Waals surface area contributed by atoms with Gasteiger partial charge in [0.1, 0.15) is 9.84 Å². The number of nitro groups is 1. The van der Waals surface area contributed by atoms with Crippen LogP contribution in [0.1, 0.15) is 6.42 Å². The lowest BCUT2D eigenvalue weighted by molar-refractivity contribution is -0.385. The van der Waals surface area contributed by atoms with Gasteiger partial charge in [-0.15, -0.1) is 0 Å². The number of ether oxygens (including phenoxy) is 1. The Bertz CT molecular complexity index is 543. The molecule has 6 nitrogen and oxygen atoms in total. The van der Waals surface area contributed by atoms with Crippen molar-refractivity contribution in [3.05, 3.63) is 33.3 Å². The molecule has 0 aliphatic carbocycles. The van der Waals surface area contributed by atoms with Crippen LogP contribution >= 0.6 is 11.6 Å². The monoisotopic (exact) mass is 293 g/mol. The fourth-order valence-corrected chi connectivity index (χ4v) is 2.06. The van der Waals surface area contributed by atoms with E-state index in [0.29, 0.717) is 5.02 Å². The summed E-state index contributed by atoms with van der Waals surface area (Å²) in [5, 5.41) is 11.0. The highest BCUT2D eigenvalue weighted by molar-refractivity contribution is 7.90. The average molecular weight is 294 g/mol. The summed E-state index contributed by atoms with van der Waals surface area (Å²) in [5.74, 6) is 0.0162. The van der Waals surface area contributed by atoms with Gasteiger partial charge in [-0.1, -0.05) is 11.6 Å². The molecule has 0 aliphatic rings. The first-order valence-electron chi connectivity index (χ1n) is 5.04. The van der Waals surface area contributed by atoms with Gasteiger partial charge in [0.25, 0.3) is 0 Å². The van der Waals surface area contributed by atoms with Crippen LogP contribution in [0.25, 0.3) is 0 Å². The van der Waals surface area contributed by atoms with E-state index >= 15 is 0 Å². The Balaban J connectivity index is 2.66. The van der Waals surface area contributed by atoms with E-state index in [2.05, 4.69) is 0 Å². The molecule has 0 saturated heterocycles. The van der Waals surface area contributed by atoms with Crippen LogP contribution in [0.4, 0.5) is 5.69 Å². The van der Waals surface area contributed by atoms with Crippen molar-refractivity contribution >= 4 is 27.1 Å². The first kappa shape index (κ1) is 14.7. The Hall–Kier alpha value is -1.34. The molecule has 8 heteroatoms. The van der Waals surface area contributed by atoms with Gasteiger partial charge in [-0.3, -0.25) is 10.1 Å². The van der Waals surface area contributed by atoms with Crippen molar-refractivity contribution in [1.82, 2.24) is 0 Å². The zero-order valence-corrected chi connectivity index (χ0v) is 11.2. The molecule has 0 saturated carbocycles. The molecule has 0 spiro atoms. The van der Waals surface area contributed by atoms with Crippen molar-refractivity contribution in [2.24, 2.45) is 0 Å². The number of halogens is 1. The zero-order chi connectivity index (χ0) is 13.8. The Morgan fingerprint density at radius 2 is 2.11 bits per heavy atom. The highest BCUT2D eigenvalue weighted by Crippen LogP contribution is 2.29. The largest absolute Gasteiger partial charge is 0.487 e. The lowest BCUT2D eigenvalue weighted by Gasteiger charge is -2.06. The predicted molar refractivity (Wildman–Crippen MR) is 67.9 cm³/mol. The number of hydrogen-bond acceptors (Lipinski definition) is 5. The van der Waals surface area contributed by atoms with Crippen molar-refractivity contribution in [2.45, 2.75) is 6.42 Å². The van der Waals surface area contributed by atoms with E-state index < -0.39 is 14.8 Å². The fourth-order valence-electron chi connectivity index (χ4n) is 1.26. The maximum atomic E-state index is 10.9. The molecule has 0 fully saturated rings. The van der Waals surface area contributed by atoms with Gasteiger partial charge in [-0.05, 0) is 12.5 Å². The number of nitro benzene ring substituents is 1. The highest BCUT2D eigenvalue weighted by atomic mass is 35.5. The minimum atomic E-state index is -3.05. The average Bonchev–Trinajstić information content (AvgIpc) is 2.22. The zero-order valence-electron chi connectivity index (χ0n) is 9.63. The first-order valence-corrected chi connectivity index (χ1v) is 7.48. The Labute approximate surface area is 110 Å². The van der Waals surface area contributed by atoms with Crippen LogP contribution in [-0.2, 0) is 9.84 Å². The quantitative estimate of drug-likeness (QED) is 0.455. The number of benzene rings is 1. The standard InChI is InChI=1S/C10H12ClNO5S/c1-18(15,16)6-2-5-17-10-7-8(11)3-4-9(10)12(13)14/h3-4,7H,2,5-6H2,1H3. The van der Waals surface area contributed by atoms with E-state index in [9.17, 15) is 18.5 Å². The molecule has 0 aromatic heterocycles. The third-order valence-electron chi connectivity index (χ3n) is 2.04. The van der Waals surface area contributed by atoms with E-state index in [1.165, 1.54) is 18.2 Å². The number of nitrogens with zero attached hydrogens (tertiary/aromatic N) is 1. The minimum absolute atomic E-state index is 0.0264. The van der Waals surface area contributed by atoms with Gasteiger partial charge in [-0.2, -0.15) is 0 Å². The summed E-state index contributed by atoms with van der Waals surface area (Å²) >= 11 is 5.71. The van der Waals surface area contributed by atoms with Crippen molar-refractivity contribution in [3.63, 3.8) is 0 Å². The molecule has 0 aliphatic heterocycles. The number of rotatable bonds is 6. The van der Waals surface area contributed by atoms with Gasteiger partial charge in [0.05, 0.1) is 17.3 Å². The van der Waals surface area contributed by atoms with Crippen molar-refractivity contribution in [3.8, 4) is 5.75 Å². The van der Waals surface area contributed by atoms with Crippen molar-refractivity contribution in [2.75, 3.05) is 18.6 Å². The van der Waals surface area contributed by atoms with Gasteiger partial charge in [-0.25, -0.2) is 8.42 Å². The first-order chi connectivity index (χ1) is 8.29. The van der Waals surface area contributed by atoms with Gasteiger partial charge in [0.15, 0.2) is 5.75 Å². The van der Waals surface area contributed by atoms with Crippen molar-refractivity contribution in [1.29, 1.82) is 0 Å². The van der Waals surface area contributed by atoms with Crippen molar-refractivity contribution < 1.29 is 18.1 Å². The third kappa shape index (κ3) is 4.89. The molecule has 1 rings (SSSR count). The molecule has 18 heavy (non-hydrogen) atoms. The Morgan fingerprint density at radius 1 is 1.44 bits per heavy atom. The number of hydrogen-bond donors (Lipinski definition) is 0. The minimum Gasteiger partial charge on any atom is -0.487 e. The third-order valence-corrected chi connectivity index (χ3v) is 3.30. The van der Waals surface area contributed by atoms with Crippen LogP contribution in [0.3, 0.4) is 0 Å². The normalized spacial score (nSPS) is 11.2. The Kier molecular flexibility index (Phi) is 4.92.